The highest BCUT2D eigenvalue weighted by Gasteiger charge is 2.17. The number of rotatable bonds is 4. The first-order valence-corrected chi connectivity index (χ1v) is 6.95. The van der Waals surface area contributed by atoms with E-state index in [1.807, 2.05) is 24.3 Å². The second-order valence-corrected chi connectivity index (χ2v) is 5.28. The van der Waals surface area contributed by atoms with Gasteiger partial charge in [0.05, 0.1) is 6.42 Å². The lowest BCUT2D eigenvalue weighted by atomic mass is 10.0. The van der Waals surface area contributed by atoms with Crippen LogP contribution in [0.2, 0.25) is 0 Å². The summed E-state index contributed by atoms with van der Waals surface area (Å²) in [6, 6.07) is 7.87. The van der Waals surface area contributed by atoms with Gasteiger partial charge in [0, 0.05) is 18.8 Å². The molecular formula is C15H22N2O2. The number of carbonyl (C=O) groups is 1. The Kier molecular flexibility index (Phi) is 4.80. The molecule has 1 heterocycles. The first-order chi connectivity index (χ1) is 9.19. The number of benzene rings is 1. The lowest BCUT2D eigenvalue weighted by Crippen LogP contribution is -2.31. The van der Waals surface area contributed by atoms with Crippen molar-refractivity contribution in [2.24, 2.45) is 11.7 Å². The average molecular weight is 262 g/mol. The second-order valence-electron chi connectivity index (χ2n) is 5.28. The molecule has 1 unspecified atom stereocenters. The second kappa shape index (κ2) is 6.57. The minimum absolute atomic E-state index is 0.0890. The largest absolute Gasteiger partial charge is 0.481 e. The van der Waals surface area contributed by atoms with Gasteiger partial charge >= 0.3 is 5.97 Å². The molecular weight excluding hydrogens is 240 g/mol. The molecule has 1 atom stereocenters. The number of hydrogen-bond acceptors (Lipinski definition) is 3. The van der Waals surface area contributed by atoms with Crippen molar-refractivity contribution < 1.29 is 9.90 Å². The predicted molar refractivity (Wildman–Crippen MR) is 76.4 cm³/mol. The molecule has 4 nitrogen and oxygen atoms in total. The van der Waals surface area contributed by atoms with E-state index in [1.165, 1.54) is 24.9 Å². The summed E-state index contributed by atoms with van der Waals surface area (Å²) in [5, 5.41) is 8.76. The van der Waals surface area contributed by atoms with Gasteiger partial charge < -0.3 is 15.7 Å². The molecule has 1 fully saturated rings. The van der Waals surface area contributed by atoms with E-state index in [1.54, 1.807) is 0 Å². The van der Waals surface area contributed by atoms with Crippen LogP contribution in [0.4, 0.5) is 5.69 Å². The van der Waals surface area contributed by atoms with Crippen LogP contribution in [0.25, 0.3) is 0 Å². The van der Waals surface area contributed by atoms with Crippen molar-refractivity contribution in [1.29, 1.82) is 0 Å². The number of anilines is 1. The molecule has 1 aliphatic heterocycles. The summed E-state index contributed by atoms with van der Waals surface area (Å²) in [5.74, 6) is -0.216. The maximum atomic E-state index is 10.7. The highest BCUT2D eigenvalue weighted by Crippen LogP contribution is 2.22. The molecule has 0 spiro atoms. The van der Waals surface area contributed by atoms with Gasteiger partial charge in [0.1, 0.15) is 0 Å². The van der Waals surface area contributed by atoms with Gasteiger partial charge in [-0.15, -0.1) is 0 Å². The Morgan fingerprint density at radius 1 is 1.32 bits per heavy atom. The minimum Gasteiger partial charge on any atom is -0.481 e. The molecule has 0 amide bonds. The molecule has 4 heteroatoms. The number of aliphatic carboxylic acids is 1. The van der Waals surface area contributed by atoms with Gasteiger partial charge in [-0.05, 0) is 43.0 Å². The van der Waals surface area contributed by atoms with Crippen LogP contribution in [0.15, 0.2) is 24.3 Å². The van der Waals surface area contributed by atoms with E-state index < -0.39 is 5.97 Å². The minimum atomic E-state index is -0.786. The highest BCUT2D eigenvalue weighted by atomic mass is 16.4. The normalized spacial score (nSPS) is 20.1. The highest BCUT2D eigenvalue weighted by molar-refractivity contribution is 5.70. The monoisotopic (exact) mass is 262 g/mol. The summed E-state index contributed by atoms with van der Waals surface area (Å²) < 4.78 is 0. The van der Waals surface area contributed by atoms with Crippen LogP contribution in [-0.4, -0.2) is 30.7 Å². The van der Waals surface area contributed by atoms with Crippen molar-refractivity contribution in [2.75, 3.05) is 24.5 Å². The van der Waals surface area contributed by atoms with Gasteiger partial charge in [-0.1, -0.05) is 18.6 Å². The molecule has 0 bridgehead atoms. The number of nitrogens with zero attached hydrogens (tertiary/aromatic N) is 1. The molecule has 104 valence electrons. The molecule has 19 heavy (non-hydrogen) atoms. The van der Waals surface area contributed by atoms with Crippen molar-refractivity contribution in [3.05, 3.63) is 29.8 Å². The van der Waals surface area contributed by atoms with E-state index >= 15 is 0 Å². The fourth-order valence-electron chi connectivity index (χ4n) is 2.66. The third kappa shape index (κ3) is 3.96. The van der Waals surface area contributed by atoms with Crippen LogP contribution in [0.5, 0.6) is 0 Å². The summed E-state index contributed by atoms with van der Waals surface area (Å²) in [5.41, 5.74) is 7.82. The fraction of sp³-hybridized carbons (Fsp3) is 0.533. The molecule has 3 N–H and O–H groups in total. The summed E-state index contributed by atoms with van der Waals surface area (Å²) in [6.07, 6.45) is 3.75. The van der Waals surface area contributed by atoms with Gasteiger partial charge in [-0.25, -0.2) is 0 Å². The van der Waals surface area contributed by atoms with Gasteiger partial charge in [-0.3, -0.25) is 4.79 Å². The summed E-state index contributed by atoms with van der Waals surface area (Å²) in [6.45, 7) is 2.82. The Bertz CT molecular complexity index is 417. The molecule has 0 aliphatic carbocycles. The van der Waals surface area contributed by atoms with Crippen molar-refractivity contribution in [1.82, 2.24) is 0 Å². The topological polar surface area (TPSA) is 66.6 Å². The molecule has 2 rings (SSSR count). The third-order valence-corrected chi connectivity index (χ3v) is 3.76. The van der Waals surface area contributed by atoms with Gasteiger partial charge in [-0.2, -0.15) is 0 Å². The molecule has 1 aliphatic rings. The van der Waals surface area contributed by atoms with E-state index in [0.717, 1.165) is 25.2 Å². The van der Waals surface area contributed by atoms with Crippen LogP contribution >= 0.6 is 0 Å². The van der Waals surface area contributed by atoms with Crippen LogP contribution < -0.4 is 10.6 Å². The molecule has 0 radical (unpaired) electrons. The predicted octanol–water partition coefficient (Wildman–Crippen LogP) is 1.88. The summed E-state index contributed by atoms with van der Waals surface area (Å²) in [4.78, 5) is 13.0. The average Bonchev–Trinajstić information content (AvgIpc) is 2.64. The smallest absolute Gasteiger partial charge is 0.307 e. The number of carboxylic acids is 1. The van der Waals surface area contributed by atoms with Crippen molar-refractivity contribution in [3.8, 4) is 0 Å². The Balaban J connectivity index is 2.05. The number of hydrogen-bond donors (Lipinski definition) is 2. The first-order valence-electron chi connectivity index (χ1n) is 6.95. The zero-order chi connectivity index (χ0) is 13.7. The van der Waals surface area contributed by atoms with Crippen molar-refractivity contribution >= 4 is 11.7 Å². The Hall–Kier alpha value is -1.55. The Morgan fingerprint density at radius 2 is 2.05 bits per heavy atom. The van der Waals surface area contributed by atoms with Crippen molar-refractivity contribution in [2.45, 2.75) is 25.7 Å². The SMILES string of the molecule is NCC1CCCCN(c2ccc(CC(=O)O)cc2)C1. The molecule has 0 saturated carbocycles. The van der Waals surface area contributed by atoms with E-state index in [4.69, 9.17) is 10.8 Å². The fourth-order valence-corrected chi connectivity index (χ4v) is 2.66. The standard InChI is InChI=1S/C15H22N2O2/c16-10-13-3-1-2-8-17(11-13)14-6-4-12(5-7-14)9-15(18)19/h4-7,13H,1-3,8-11,16H2,(H,18,19). The van der Waals surface area contributed by atoms with Gasteiger partial charge in [0.2, 0.25) is 0 Å². The van der Waals surface area contributed by atoms with E-state index in [0.29, 0.717) is 5.92 Å². The first kappa shape index (κ1) is 13.9. The molecule has 0 aromatic heterocycles. The van der Waals surface area contributed by atoms with Gasteiger partial charge in [0.25, 0.3) is 0 Å². The molecule has 1 saturated heterocycles. The summed E-state index contributed by atoms with van der Waals surface area (Å²) in [7, 11) is 0. The lowest BCUT2D eigenvalue weighted by Gasteiger charge is -2.26. The molecule has 1 aromatic carbocycles. The summed E-state index contributed by atoms with van der Waals surface area (Å²) >= 11 is 0. The Labute approximate surface area is 114 Å². The van der Waals surface area contributed by atoms with E-state index in [9.17, 15) is 4.79 Å². The number of nitrogens with two attached hydrogens (primary N) is 1. The maximum Gasteiger partial charge on any atom is 0.307 e. The van der Waals surface area contributed by atoms with Crippen LogP contribution in [0.3, 0.4) is 0 Å². The Morgan fingerprint density at radius 3 is 2.68 bits per heavy atom. The zero-order valence-corrected chi connectivity index (χ0v) is 11.2. The van der Waals surface area contributed by atoms with Crippen LogP contribution in [0, 0.1) is 5.92 Å². The lowest BCUT2D eigenvalue weighted by molar-refractivity contribution is -0.136. The van der Waals surface area contributed by atoms with Crippen LogP contribution in [0.1, 0.15) is 24.8 Å². The van der Waals surface area contributed by atoms with Crippen LogP contribution in [-0.2, 0) is 11.2 Å². The van der Waals surface area contributed by atoms with E-state index in [2.05, 4.69) is 4.90 Å². The quantitative estimate of drug-likeness (QED) is 0.869. The molecule has 1 aromatic rings. The van der Waals surface area contributed by atoms with Crippen molar-refractivity contribution in [3.63, 3.8) is 0 Å². The third-order valence-electron chi connectivity index (χ3n) is 3.76. The van der Waals surface area contributed by atoms with Gasteiger partial charge in [0.15, 0.2) is 0 Å². The maximum absolute atomic E-state index is 10.7. The number of carboxylic acid groups (broad SMARTS) is 1. The van der Waals surface area contributed by atoms with E-state index in [-0.39, 0.29) is 6.42 Å². The zero-order valence-electron chi connectivity index (χ0n) is 11.2.